The fourth-order valence-electron chi connectivity index (χ4n) is 3.45. The Morgan fingerprint density at radius 3 is 2.45 bits per heavy atom. The number of amides is 1. The number of fused-ring (bicyclic) bond motifs is 1. The van der Waals surface area contributed by atoms with Gasteiger partial charge in [0.1, 0.15) is 24.0 Å². The molecule has 164 valence electrons. The lowest BCUT2D eigenvalue weighted by Crippen LogP contribution is -2.50. The van der Waals surface area contributed by atoms with Gasteiger partial charge in [-0.25, -0.2) is 9.59 Å². The number of hydrogen-bond acceptors (Lipinski definition) is 6. The Labute approximate surface area is 181 Å². The monoisotopic (exact) mass is 425 g/mol. The SMILES string of the molecule is COC(=O)[C@@H]1Cc2cc(C=O)c(OCc3ccccc3)cc2CN1C(=O)OC(C)(C)C. The number of carbonyl (C=O) groups is 3. The maximum atomic E-state index is 12.8. The van der Waals surface area contributed by atoms with Gasteiger partial charge in [0.25, 0.3) is 0 Å². The molecule has 2 aromatic rings. The van der Waals surface area contributed by atoms with Gasteiger partial charge in [-0.1, -0.05) is 30.3 Å². The van der Waals surface area contributed by atoms with Crippen molar-refractivity contribution in [3.8, 4) is 5.75 Å². The molecule has 7 nitrogen and oxygen atoms in total. The summed E-state index contributed by atoms with van der Waals surface area (Å²) < 4.78 is 16.3. The molecule has 0 saturated heterocycles. The number of rotatable bonds is 5. The molecule has 0 unspecified atom stereocenters. The minimum Gasteiger partial charge on any atom is -0.488 e. The van der Waals surface area contributed by atoms with E-state index in [0.717, 1.165) is 23.0 Å². The summed E-state index contributed by atoms with van der Waals surface area (Å²) in [5.41, 5.74) is 2.25. The first-order chi connectivity index (χ1) is 14.7. The smallest absolute Gasteiger partial charge is 0.411 e. The zero-order chi connectivity index (χ0) is 22.6. The zero-order valence-electron chi connectivity index (χ0n) is 18.2. The largest absolute Gasteiger partial charge is 0.488 e. The van der Waals surface area contributed by atoms with Crippen molar-refractivity contribution in [2.75, 3.05) is 7.11 Å². The van der Waals surface area contributed by atoms with Gasteiger partial charge in [-0.2, -0.15) is 0 Å². The minimum atomic E-state index is -0.831. The van der Waals surface area contributed by atoms with Crippen molar-refractivity contribution in [2.45, 2.75) is 52.0 Å². The molecule has 1 amide bonds. The highest BCUT2D eigenvalue weighted by Gasteiger charge is 2.38. The summed E-state index contributed by atoms with van der Waals surface area (Å²) in [6, 6.07) is 12.3. The Kier molecular flexibility index (Phi) is 6.63. The van der Waals surface area contributed by atoms with E-state index in [1.165, 1.54) is 12.0 Å². The van der Waals surface area contributed by atoms with E-state index < -0.39 is 23.7 Å². The average molecular weight is 425 g/mol. The van der Waals surface area contributed by atoms with Crippen LogP contribution in [0, 0.1) is 0 Å². The van der Waals surface area contributed by atoms with Crippen LogP contribution in [-0.4, -0.2) is 42.0 Å². The Bertz CT molecular complexity index is 964. The normalized spacial score (nSPS) is 15.6. The predicted molar refractivity (Wildman–Crippen MR) is 114 cm³/mol. The van der Waals surface area contributed by atoms with Crippen LogP contribution in [0.3, 0.4) is 0 Å². The van der Waals surface area contributed by atoms with E-state index in [0.29, 0.717) is 17.9 Å². The summed E-state index contributed by atoms with van der Waals surface area (Å²) in [6.07, 6.45) is 0.356. The fourth-order valence-corrected chi connectivity index (χ4v) is 3.45. The van der Waals surface area contributed by atoms with Gasteiger partial charge in [0, 0.05) is 6.42 Å². The summed E-state index contributed by atoms with van der Waals surface area (Å²) in [5, 5.41) is 0. The van der Waals surface area contributed by atoms with E-state index in [1.807, 2.05) is 30.3 Å². The molecule has 7 heteroatoms. The number of carbonyl (C=O) groups excluding carboxylic acids is 3. The molecule has 0 saturated carbocycles. The number of esters is 1. The maximum absolute atomic E-state index is 12.8. The maximum Gasteiger partial charge on any atom is 0.411 e. The van der Waals surface area contributed by atoms with Crippen LogP contribution in [0.5, 0.6) is 5.75 Å². The van der Waals surface area contributed by atoms with Crippen LogP contribution in [0.1, 0.15) is 47.8 Å². The van der Waals surface area contributed by atoms with Gasteiger partial charge < -0.3 is 14.2 Å². The topological polar surface area (TPSA) is 82.1 Å². The Morgan fingerprint density at radius 1 is 1.13 bits per heavy atom. The van der Waals surface area contributed by atoms with Gasteiger partial charge in [-0.05, 0) is 49.6 Å². The van der Waals surface area contributed by atoms with E-state index >= 15 is 0 Å². The zero-order valence-corrected chi connectivity index (χ0v) is 18.2. The van der Waals surface area contributed by atoms with Crippen molar-refractivity contribution in [3.63, 3.8) is 0 Å². The lowest BCUT2D eigenvalue weighted by atomic mass is 9.92. The van der Waals surface area contributed by atoms with Crippen molar-refractivity contribution in [1.82, 2.24) is 4.90 Å². The van der Waals surface area contributed by atoms with Crippen LogP contribution in [0.15, 0.2) is 42.5 Å². The molecule has 0 aliphatic carbocycles. The van der Waals surface area contributed by atoms with Gasteiger partial charge >= 0.3 is 12.1 Å². The molecule has 0 radical (unpaired) electrons. The van der Waals surface area contributed by atoms with E-state index in [2.05, 4.69) is 0 Å². The molecule has 3 rings (SSSR count). The quantitative estimate of drug-likeness (QED) is 0.534. The van der Waals surface area contributed by atoms with Crippen molar-refractivity contribution in [1.29, 1.82) is 0 Å². The van der Waals surface area contributed by atoms with E-state index in [-0.39, 0.29) is 13.0 Å². The second-order valence-corrected chi connectivity index (χ2v) is 8.40. The van der Waals surface area contributed by atoms with E-state index in [1.54, 1.807) is 32.9 Å². The van der Waals surface area contributed by atoms with Crippen molar-refractivity contribution < 1.29 is 28.6 Å². The molecule has 1 aliphatic rings. The van der Waals surface area contributed by atoms with Crippen LogP contribution in [0.25, 0.3) is 0 Å². The summed E-state index contributed by atoms with van der Waals surface area (Å²) in [6.45, 7) is 5.75. The van der Waals surface area contributed by atoms with Crippen molar-refractivity contribution >= 4 is 18.3 Å². The molecule has 2 aromatic carbocycles. The minimum absolute atomic E-state index is 0.144. The molecule has 0 aromatic heterocycles. The first-order valence-corrected chi connectivity index (χ1v) is 10.1. The Balaban J connectivity index is 1.90. The number of ether oxygens (including phenoxy) is 3. The number of nitrogens with zero attached hydrogens (tertiary/aromatic N) is 1. The third kappa shape index (κ3) is 5.42. The number of aldehydes is 1. The molecule has 1 atom stereocenters. The molecule has 0 fully saturated rings. The highest BCUT2D eigenvalue weighted by Crippen LogP contribution is 2.31. The van der Waals surface area contributed by atoms with Crippen LogP contribution >= 0.6 is 0 Å². The van der Waals surface area contributed by atoms with Gasteiger partial charge in [0.15, 0.2) is 6.29 Å². The van der Waals surface area contributed by atoms with Crippen LogP contribution in [0.2, 0.25) is 0 Å². The molecule has 1 aliphatic heterocycles. The highest BCUT2D eigenvalue weighted by atomic mass is 16.6. The van der Waals surface area contributed by atoms with E-state index in [4.69, 9.17) is 14.2 Å². The first kappa shape index (κ1) is 22.3. The molecular formula is C24H27NO6. The molecule has 0 spiro atoms. The van der Waals surface area contributed by atoms with Crippen molar-refractivity contribution in [2.24, 2.45) is 0 Å². The van der Waals surface area contributed by atoms with Gasteiger partial charge in [-0.15, -0.1) is 0 Å². The predicted octanol–water partition coefficient (Wildman–Crippen LogP) is 3.91. The van der Waals surface area contributed by atoms with Crippen LogP contribution < -0.4 is 4.74 Å². The number of methoxy groups -OCH3 is 1. The summed E-state index contributed by atoms with van der Waals surface area (Å²) in [7, 11) is 1.28. The molecule has 1 heterocycles. The van der Waals surface area contributed by atoms with Gasteiger partial charge in [0.05, 0.1) is 19.2 Å². The van der Waals surface area contributed by atoms with Crippen LogP contribution in [0.4, 0.5) is 4.79 Å². The second kappa shape index (κ2) is 9.20. The molecule has 31 heavy (non-hydrogen) atoms. The third-order valence-electron chi connectivity index (χ3n) is 4.93. The van der Waals surface area contributed by atoms with Crippen LogP contribution in [-0.2, 0) is 33.8 Å². The first-order valence-electron chi connectivity index (χ1n) is 10.1. The Hall–Kier alpha value is -3.35. The van der Waals surface area contributed by atoms with Crippen molar-refractivity contribution in [3.05, 3.63) is 64.7 Å². The average Bonchev–Trinajstić information content (AvgIpc) is 2.75. The molecule has 0 bridgehead atoms. The van der Waals surface area contributed by atoms with E-state index in [9.17, 15) is 14.4 Å². The third-order valence-corrected chi connectivity index (χ3v) is 4.93. The summed E-state index contributed by atoms with van der Waals surface area (Å²) >= 11 is 0. The Morgan fingerprint density at radius 2 is 1.84 bits per heavy atom. The molecule has 0 N–H and O–H groups in total. The summed E-state index contributed by atoms with van der Waals surface area (Å²) in [4.78, 5) is 38.2. The second-order valence-electron chi connectivity index (χ2n) is 8.40. The lowest BCUT2D eigenvalue weighted by molar-refractivity contribution is -0.147. The lowest BCUT2D eigenvalue weighted by Gasteiger charge is -2.36. The fraction of sp³-hybridized carbons (Fsp3) is 0.375. The standard InChI is InChI=1S/C24H27NO6/c1-24(2,3)31-23(28)25-13-18-12-21(30-15-16-8-6-5-7-9-16)19(14-26)10-17(18)11-20(25)22(27)29-4/h5-10,12,14,20H,11,13,15H2,1-4H3/t20-/m0/s1. The van der Waals surface area contributed by atoms with Gasteiger partial charge in [0.2, 0.25) is 0 Å². The molecular weight excluding hydrogens is 398 g/mol. The van der Waals surface area contributed by atoms with Gasteiger partial charge in [-0.3, -0.25) is 9.69 Å². The highest BCUT2D eigenvalue weighted by molar-refractivity contribution is 5.84. The number of hydrogen-bond donors (Lipinski definition) is 0. The number of benzene rings is 2. The summed E-state index contributed by atoms with van der Waals surface area (Å²) in [5.74, 6) is -0.105.